The summed E-state index contributed by atoms with van der Waals surface area (Å²) in [7, 11) is 1.72. The highest BCUT2D eigenvalue weighted by molar-refractivity contribution is 9.10. The van der Waals surface area contributed by atoms with Gasteiger partial charge in [-0.1, -0.05) is 15.9 Å². The maximum absolute atomic E-state index is 6.46. The molecule has 0 radical (unpaired) electrons. The Hall–Kier alpha value is -0.580. The smallest absolute Gasteiger partial charge is 0.123 e. The Labute approximate surface area is 130 Å². The third-order valence-electron chi connectivity index (χ3n) is 4.05. The minimum atomic E-state index is 0.0933. The highest BCUT2D eigenvalue weighted by atomic mass is 79.9. The summed E-state index contributed by atoms with van der Waals surface area (Å²) in [6.07, 6.45) is 2.22. The molecular formula is C16H25BrN2O. The molecular weight excluding hydrogens is 316 g/mol. The van der Waals surface area contributed by atoms with E-state index in [2.05, 4.69) is 47.7 Å². The van der Waals surface area contributed by atoms with Crippen LogP contribution in [-0.2, 0) is 0 Å². The van der Waals surface area contributed by atoms with Crippen LogP contribution in [-0.4, -0.2) is 30.1 Å². The van der Waals surface area contributed by atoms with E-state index in [9.17, 15) is 0 Å². The van der Waals surface area contributed by atoms with Gasteiger partial charge in [0, 0.05) is 21.6 Å². The van der Waals surface area contributed by atoms with Gasteiger partial charge in [0.15, 0.2) is 0 Å². The molecule has 2 atom stereocenters. The van der Waals surface area contributed by atoms with Crippen molar-refractivity contribution in [3.8, 4) is 5.75 Å². The number of benzene rings is 1. The summed E-state index contributed by atoms with van der Waals surface area (Å²) in [4.78, 5) is 2.51. The lowest BCUT2D eigenvalue weighted by Gasteiger charge is -2.47. The first-order valence-corrected chi connectivity index (χ1v) is 7.99. The quantitative estimate of drug-likeness (QED) is 0.891. The first kappa shape index (κ1) is 15.8. The number of nitrogens with two attached hydrogens (primary N) is 1. The minimum absolute atomic E-state index is 0.0933. The molecule has 1 aliphatic rings. The molecule has 0 bridgehead atoms. The van der Waals surface area contributed by atoms with Crippen LogP contribution in [0, 0.1) is 0 Å². The summed E-state index contributed by atoms with van der Waals surface area (Å²) in [6.45, 7) is 7.84. The van der Waals surface area contributed by atoms with Crippen molar-refractivity contribution in [2.24, 2.45) is 5.73 Å². The first-order chi connectivity index (χ1) is 9.34. The number of ether oxygens (including phenoxy) is 1. The van der Waals surface area contributed by atoms with Crippen molar-refractivity contribution in [3.63, 3.8) is 0 Å². The molecule has 3 nitrogen and oxygen atoms in total. The lowest BCUT2D eigenvalue weighted by Crippen LogP contribution is -2.53. The van der Waals surface area contributed by atoms with Crippen molar-refractivity contribution in [1.82, 2.24) is 4.90 Å². The van der Waals surface area contributed by atoms with E-state index in [4.69, 9.17) is 10.5 Å². The largest absolute Gasteiger partial charge is 0.496 e. The highest BCUT2D eigenvalue weighted by Gasteiger charge is 2.37. The lowest BCUT2D eigenvalue weighted by molar-refractivity contribution is 0.0372. The molecule has 2 rings (SSSR count). The van der Waals surface area contributed by atoms with Crippen LogP contribution in [0.3, 0.4) is 0 Å². The fourth-order valence-electron chi connectivity index (χ4n) is 3.11. The molecule has 4 heteroatoms. The summed E-state index contributed by atoms with van der Waals surface area (Å²) in [5.41, 5.74) is 7.74. The van der Waals surface area contributed by atoms with Crippen LogP contribution >= 0.6 is 15.9 Å². The molecule has 1 heterocycles. The normalized spacial score (nSPS) is 24.7. The summed E-state index contributed by atoms with van der Waals surface area (Å²) >= 11 is 3.57. The second kappa shape index (κ2) is 6.04. The fraction of sp³-hybridized carbons (Fsp3) is 0.625. The number of rotatable bonds is 2. The molecule has 112 valence electrons. The predicted octanol–water partition coefficient (Wildman–Crippen LogP) is 3.72. The third kappa shape index (κ3) is 3.18. The van der Waals surface area contributed by atoms with Crippen molar-refractivity contribution in [3.05, 3.63) is 28.2 Å². The average Bonchev–Trinajstić information content (AvgIpc) is 2.37. The third-order valence-corrected chi connectivity index (χ3v) is 4.54. The van der Waals surface area contributed by atoms with Crippen LogP contribution in [0.1, 0.15) is 45.2 Å². The van der Waals surface area contributed by atoms with Gasteiger partial charge in [-0.15, -0.1) is 0 Å². The van der Waals surface area contributed by atoms with Crippen molar-refractivity contribution < 1.29 is 4.74 Å². The Balaban J connectivity index is 2.47. The SMILES string of the molecule is COc1ccc(Br)cc1C1C(N)CCCN1C(C)(C)C. The molecule has 1 aromatic carbocycles. The van der Waals surface area contributed by atoms with Crippen LogP contribution in [0.5, 0.6) is 5.75 Å². The minimum Gasteiger partial charge on any atom is -0.496 e. The van der Waals surface area contributed by atoms with E-state index in [0.717, 1.165) is 29.6 Å². The summed E-state index contributed by atoms with van der Waals surface area (Å²) in [5.74, 6) is 0.921. The van der Waals surface area contributed by atoms with Gasteiger partial charge in [0.25, 0.3) is 0 Å². The van der Waals surface area contributed by atoms with Gasteiger partial charge in [0.2, 0.25) is 0 Å². The van der Waals surface area contributed by atoms with Gasteiger partial charge in [-0.3, -0.25) is 4.90 Å². The molecule has 0 spiro atoms. The average molecular weight is 341 g/mol. The molecule has 20 heavy (non-hydrogen) atoms. The van der Waals surface area contributed by atoms with E-state index in [1.165, 1.54) is 5.56 Å². The number of likely N-dealkylation sites (tertiary alicyclic amines) is 1. The molecule has 0 amide bonds. The molecule has 0 saturated carbocycles. The van der Waals surface area contributed by atoms with Crippen LogP contribution in [0.4, 0.5) is 0 Å². The van der Waals surface area contributed by atoms with Gasteiger partial charge in [0.1, 0.15) is 5.75 Å². The maximum atomic E-state index is 6.46. The number of halogens is 1. The van der Waals surface area contributed by atoms with Crippen molar-refractivity contribution >= 4 is 15.9 Å². The Morgan fingerprint density at radius 2 is 2.05 bits per heavy atom. The molecule has 0 aliphatic carbocycles. The molecule has 1 saturated heterocycles. The second-order valence-electron chi connectivity index (χ2n) is 6.50. The number of piperidine rings is 1. The number of methoxy groups -OCH3 is 1. The fourth-order valence-corrected chi connectivity index (χ4v) is 3.49. The zero-order valence-electron chi connectivity index (χ0n) is 12.8. The summed E-state index contributed by atoms with van der Waals surface area (Å²) < 4.78 is 6.63. The molecule has 1 aromatic rings. The second-order valence-corrected chi connectivity index (χ2v) is 7.42. The van der Waals surface area contributed by atoms with Gasteiger partial charge in [-0.05, 0) is 58.4 Å². The molecule has 1 fully saturated rings. The van der Waals surface area contributed by atoms with Gasteiger partial charge in [0.05, 0.1) is 13.2 Å². The van der Waals surface area contributed by atoms with Crippen LogP contribution < -0.4 is 10.5 Å². The number of nitrogens with zero attached hydrogens (tertiary/aromatic N) is 1. The Morgan fingerprint density at radius 1 is 1.35 bits per heavy atom. The van der Waals surface area contributed by atoms with E-state index in [0.29, 0.717) is 0 Å². The topological polar surface area (TPSA) is 38.5 Å². The van der Waals surface area contributed by atoms with Gasteiger partial charge in [-0.2, -0.15) is 0 Å². The Morgan fingerprint density at radius 3 is 2.65 bits per heavy atom. The van der Waals surface area contributed by atoms with Crippen LogP contribution in [0.2, 0.25) is 0 Å². The predicted molar refractivity (Wildman–Crippen MR) is 87.1 cm³/mol. The zero-order valence-corrected chi connectivity index (χ0v) is 14.4. The van der Waals surface area contributed by atoms with Crippen LogP contribution in [0.15, 0.2) is 22.7 Å². The molecule has 0 aromatic heterocycles. The van der Waals surface area contributed by atoms with Crippen LogP contribution in [0.25, 0.3) is 0 Å². The van der Waals surface area contributed by atoms with E-state index in [1.807, 2.05) is 12.1 Å². The Bertz CT molecular complexity index is 470. The standard InChI is InChI=1S/C16H25BrN2O/c1-16(2,3)19-9-5-6-13(18)15(19)12-10-11(17)7-8-14(12)20-4/h7-8,10,13,15H,5-6,9,18H2,1-4H3. The lowest BCUT2D eigenvalue weighted by atomic mass is 9.86. The van der Waals surface area contributed by atoms with Crippen molar-refractivity contribution in [2.75, 3.05) is 13.7 Å². The van der Waals surface area contributed by atoms with Gasteiger partial charge < -0.3 is 10.5 Å². The summed E-state index contributed by atoms with van der Waals surface area (Å²) in [6, 6.07) is 6.52. The van der Waals surface area contributed by atoms with E-state index >= 15 is 0 Å². The van der Waals surface area contributed by atoms with Crippen molar-refractivity contribution in [2.45, 2.75) is 51.2 Å². The monoisotopic (exact) mass is 340 g/mol. The molecule has 2 unspecified atom stereocenters. The number of hydrogen-bond donors (Lipinski definition) is 1. The van der Waals surface area contributed by atoms with E-state index < -0.39 is 0 Å². The zero-order chi connectivity index (χ0) is 14.9. The Kier molecular flexibility index (Phi) is 4.77. The molecule has 1 aliphatic heterocycles. The van der Waals surface area contributed by atoms with Gasteiger partial charge in [-0.25, -0.2) is 0 Å². The highest BCUT2D eigenvalue weighted by Crippen LogP contribution is 2.40. The summed E-state index contributed by atoms with van der Waals surface area (Å²) in [5, 5.41) is 0. The first-order valence-electron chi connectivity index (χ1n) is 7.20. The number of hydrogen-bond acceptors (Lipinski definition) is 3. The van der Waals surface area contributed by atoms with E-state index in [1.54, 1.807) is 7.11 Å². The van der Waals surface area contributed by atoms with E-state index in [-0.39, 0.29) is 17.6 Å². The maximum Gasteiger partial charge on any atom is 0.123 e. The van der Waals surface area contributed by atoms with Gasteiger partial charge >= 0.3 is 0 Å². The molecule has 2 N–H and O–H groups in total. The van der Waals surface area contributed by atoms with Crippen molar-refractivity contribution in [1.29, 1.82) is 0 Å².